The van der Waals surface area contributed by atoms with E-state index in [1.165, 1.54) is 18.3 Å². The standard InChI is InChI=1S/C26H28F3NO5/c1-5-33-23-22(31-3)17(2)34-25(24(23)32-4)35-30-16-20-10-8-18(9-11-20)6-7-19-12-14-21(15-13-19)26(27,28)29/h8-17,22-25H,5H2,1-4H3/t17?,22?,23?,24?,25-/m0/s1. The van der Waals surface area contributed by atoms with Crippen LogP contribution in [0, 0.1) is 11.8 Å². The third-order valence-electron chi connectivity index (χ3n) is 5.47. The van der Waals surface area contributed by atoms with Crippen LogP contribution in [0.1, 0.15) is 36.1 Å². The summed E-state index contributed by atoms with van der Waals surface area (Å²) in [6.45, 7) is 4.25. The fourth-order valence-electron chi connectivity index (χ4n) is 3.70. The Kier molecular flexibility index (Phi) is 9.29. The van der Waals surface area contributed by atoms with Gasteiger partial charge >= 0.3 is 6.18 Å². The Labute approximate surface area is 203 Å². The first-order valence-corrected chi connectivity index (χ1v) is 11.1. The molecule has 0 aromatic heterocycles. The van der Waals surface area contributed by atoms with Crippen LogP contribution < -0.4 is 0 Å². The van der Waals surface area contributed by atoms with Gasteiger partial charge in [-0.3, -0.25) is 0 Å². The van der Waals surface area contributed by atoms with Crippen LogP contribution in [0.2, 0.25) is 0 Å². The zero-order chi connectivity index (χ0) is 25.4. The van der Waals surface area contributed by atoms with Crippen molar-refractivity contribution in [3.63, 3.8) is 0 Å². The second kappa shape index (κ2) is 12.2. The summed E-state index contributed by atoms with van der Waals surface area (Å²) >= 11 is 0. The van der Waals surface area contributed by atoms with Gasteiger partial charge in [-0.2, -0.15) is 13.2 Å². The van der Waals surface area contributed by atoms with Crippen molar-refractivity contribution in [1.29, 1.82) is 0 Å². The van der Waals surface area contributed by atoms with Crippen molar-refractivity contribution in [2.24, 2.45) is 5.16 Å². The summed E-state index contributed by atoms with van der Waals surface area (Å²) in [7, 11) is 3.15. The number of benzene rings is 2. The lowest BCUT2D eigenvalue weighted by Gasteiger charge is -2.42. The number of methoxy groups -OCH3 is 2. The molecule has 0 saturated carbocycles. The normalized spacial score (nSPS) is 24.7. The van der Waals surface area contributed by atoms with Crippen molar-refractivity contribution in [3.8, 4) is 11.8 Å². The minimum atomic E-state index is -4.36. The Bertz CT molecular complexity index is 1030. The summed E-state index contributed by atoms with van der Waals surface area (Å²) in [5.41, 5.74) is 1.26. The maximum absolute atomic E-state index is 12.7. The van der Waals surface area contributed by atoms with Crippen molar-refractivity contribution < 1.29 is 37.0 Å². The smallest absolute Gasteiger partial charge is 0.376 e. The highest BCUT2D eigenvalue weighted by molar-refractivity contribution is 5.79. The second-order valence-corrected chi connectivity index (χ2v) is 7.82. The highest BCUT2D eigenvalue weighted by Crippen LogP contribution is 2.29. The molecule has 0 spiro atoms. The Morgan fingerprint density at radius 2 is 1.49 bits per heavy atom. The van der Waals surface area contributed by atoms with Crippen molar-refractivity contribution >= 4 is 6.21 Å². The molecule has 188 valence electrons. The first-order chi connectivity index (χ1) is 16.8. The van der Waals surface area contributed by atoms with Crippen LogP contribution in [0.25, 0.3) is 0 Å². The molecule has 35 heavy (non-hydrogen) atoms. The summed E-state index contributed by atoms with van der Waals surface area (Å²) in [6.07, 6.45) is -5.10. The maximum atomic E-state index is 12.7. The van der Waals surface area contributed by atoms with Gasteiger partial charge in [-0.25, -0.2) is 0 Å². The van der Waals surface area contributed by atoms with Gasteiger partial charge in [-0.05, 0) is 55.8 Å². The van der Waals surface area contributed by atoms with Crippen molar-refractivity contribution in [2.45, 2.75) is 50.7 Å². The number of rotatable bonds is 7. The van der Waals surface area contributed by atoms with Crippen LogP contribution in [0.4, 0.5) is 13.2 Å². The molecule has 3 rings (SSSR count). The molecular formula is C26H28F3NO5. The van der Waals surface area contributed by atoms with E-state index < -0.39 is 24.1 Å². The number of hydrogen-bond donors (Lipinski definition) is 0. The van der Waals surface area contributed by atoms with E-state index in [1.807, 2.05) is 13.8 Å². The van der Waals surface area contributed by atoms with Crippen molar-refractivity contribution in [2.75, 3.05) is 20.8 Å². The van der Waals surface area contributed by atoms with E-state index in [0.717, 1.165) is 17.7 Å². The van der Waals surface area contributed by atoms with Crippen LogP contribution in [0.3, 0.4) is 0 Å². The highest BCUT2D eigenvalue weighted by atomic mass is 19.4. The number of hydrogen-bond acceptors (Lipinski definition) is 6. The van der Waals surface area contributed by atoms with E-state index in [2.05, 4.69) is 17.0 Å². The first-order valence-electron chi connectivity index (χ1n) is 11.1. The molecule has 6 nitrogen and oxygen atoms in total. The van der Waals surface area contributed by atoms with E-state index in [1.54, 1.807) is 38.5 Å². The Morgan fingerprint density at radius 3 is 2.00 bits per heavy atom. The van der Waals surface area contributed by atoms with E-state index in [-0.39, 0.29) is 18.3 Å². The SMILES string of the molecule is CCOC1C(OC)C(C)O[C@@H](ON=Cc2ccc(C#Cc3ccc(C(F)(F)F)cc3)cc2)C1OC. The van der Waals surface area contributed by atoms with E-state index in [9.17, 15) is 13.2 Å². The first kappa shape index (κ1) is 26.7. The number of nitrogens with zero attached hydrogens (tertiary/aromatic N) is 1. The molecule has 1 aliphatic rings. The van der Waals surface area contributed by atoms with Crippen molar-refractivity contribution in [1.82, 2.24) is 0 Å². The van der Waals surface area contributed by atoms with E-state index >= 15 is 0 Å². The molecule has 0 N–H and O–H groups in total. The maximum Gasteiger partial charge on any atom is 0.416 e. The van der Waals surface area contributed by atoms with Gasteiger partial charge in [0.25, 0.3) is 6.29 Å². The monoisotopic (exact) mass is 491 g/mol. The zero-order valence-electron chi connectivity index (χ0n) is 19.9. The molecule has 0 amide bonds. The lowest BCUT2D eigenvalue weighted by Crippen LogP contribution is -2.59. The summed E-state index contributed by atoms with van der Waals surface area (Å²) in [4.78, 5) is 5.58. The van der Waals surface area contributed by atoms with E-state index in [4.69, 9.17) is 23.8 Å². The van der Waals surface area contributed by atoms with Crippen LogP contribution in [0.15, 0.2) is 53.7 Å². The lowest BCUT2D eigenvalue weighted by atomic mass is 9.99. The molecule has 0 bridgehead atoms. The number of ether oxygens (including phenoxy) is 4. The number of alkyl halides is 3. The van der Waals surface area contributed by atoms with Gasteiger partial charge in [0, 0.05) is 32.0 Å². The predicted octanol–water partition coefficient (Wildman–Crippen LogP) is 4.64. The molecule has 1 fully saturated rings. The molecule has 5 atom stereocenters. The molecule has 2 aromatic rings. The summed E-state index contributed by atoms with van der Waals surface area (Å²) in [5, 5.41) is 4.04. The largest absolute Gasteiger partial charge is 0.416 e. The van der Waals surface area contributed by atoms with Gasteiger partial charge < -0.3 is 23.8 Å². The quantitative estimate of drug-likeness (QED) is 0.321. The van der Waals surface area contributed by atoms with Gasteiger partial charge in [0.05, 0.1) is 17.9 Å². The Hall–Kier alpha value is -2.90. The summed E-state index contributed by atoms with van der Waals surface area (Å²) in [5.74, 6) is 5.78. The van der Waals surface area contributed by atoms with Gasteiger partial charge in [-0.1, -0.05) is 29.1 Å². The molecule has 1 saturated heterocycles. The van der Waals surface area contributed by atoms with E-state index in [0.29, 0.717) is 17.7 Å². The van der Waals surface area contributed by atoms with Crippen LogP contribution in [0.5, 0.6) is 0 Å². The molecule has 1 heterocycles. The topological polar surface area (TPSA) is 58.5 Å². The Balaban J connectivity index is 1.61. The molecule has 0 radical (unpaired) electrons. The predicted molar refractivity (Wildman–Crippen MR) is 124 cm³/mol. The lowest BCUT2D eigenvalue weighted by molar-refractivity contribution is -0.308. The Morgan fingerprint density at radius 1 is 0.914 bits per heavy atom. The van der Waals surface area contributed by atoms with Gasteiger partial charge in [0.2, 0.25) is 0 Å². The molecule has 1 aliphatic heterocycles. The second-order valence-electron chi connectivity index (χ2n) is 7.82. The third kappa shape index (κ3) is 7.05. The third-order valence-corrected chi connectivity index (χ3v) is 5.47. The fraction of sp³-hybridized carbons (Fsp3) is 0.423. The highest BCUT2D eigenvalue weighted by Gasteiger charge is 2.47. The minimum absolute atomic E-state index is 0.286. The fourth-order valence-corrected chi connectivity index (χ4v) is 3.70. The van der Waals surface area contributed by atoms with Gasteiger partial charge in [-0.15, -0.1) is 0 Å². The molecule has 4 unspecified atom stereocenters. The van der Waals surface area contributed by atoms with Gasteiger partial charge in [0.15, 0.2) is 6.10 Å². The number of oxime groups is 1. The number of halogens is 3. The molecule has 2 aromatic carbocycles. The minimum Gasteiger partial charge on any atom is -0.376 e. The van der Waals surface area contributed by atoms with Crippen LogP contribution in [-0.4, -0.2) is 57.7 Å². The zero-order valence-corrected chi connectivity index (χ0v) is 19.9. The van der Waals surface area contributed by atoms with Gasteiger partial charge in [0.1, 0.15) is 12.2 Å². The molecule has 0 aliphatic carbocycles. The van der Waals surface area contributed by atoms with Crippen LogP contribution in [-0.2, 0) is 30.0 Å². The van der Waals surface area contributed by atoms with Crippen molar-refractivity contribution in [3.05, 3.63) is 70.8 Å². The summed E-state index contributed by atoms with van der Waals surface area (Å²) < 4.78 is 60.7. The summed E-state index contributed by atoms with van der Waals surface area (Å²) in [6, 6.07) is 11.9. The molecule has 9 heteroatoms. The average Bonchev–Trinajstić information content (AvgIpc) is 2.83. The molecular weight excluding hydrogens is 463 g/mol. The van der Waals surface area contributed by atoms with Crippen LogP contribution >= 0.6 is 0 Å². The average molecular weight is 492 g/mol.